The number of halogens is 4. The molecule has 0 bridgehead atoms. The van der Waals surface area contributed by atoms with E-state index in [1.807, 2.05) is 0 Å². The molecule has 0 spiro atoms. The molecule has 4 rings (SSSR count). The quantitative estimate of drug-likeness (QED) is 0.621. The number of nitrogens with zero attached hydrogens (tertiary/aromatic N) is 2. The number of amides is 1. The zero-order chi connectivity index (χ0) is 21.6. The maximum absolute atomic E-state index is 14.3. The van der Waals surface area contributed by atoms with Gasteiger partial charge in [0.25, 0.3) is 5.91 Å². The number of nitrogens with one attached hydrogen (secondary N) is 1. The Morgan fingerprint density at radius 3 is 2.77 bits per heavy atom. The summed E-state index contributed by atoms with van der Waals surface area (Å²) in [6.07, 6.45) is 0.445. The van der Waals surface area contributed by atoms with Gasteiger partial charge >= 0.3 is 0 Å². The molecular formula is C20H18F4N4O2. The molecule has 2 aromatic heterocycles. The van der Waals surface area contributed by atoms with Crippen molar-refractivity contribution in [1.82, 2.24) is 15.0 Å². The summed E-state index contributed by atoms with van der Waals surface area (Å²) < 4.78 is 61.6. The van der Waals surface area contributed by atoms with Crippen LogP contribution in [0.3, 0.4) is 0 Å². The zero-order valence-electron chi connectivity index (χ0n) is 15.9. The van der Waals surface area contributed by atoms with Gasteiger partial charge in [0.15, 0.2) is 11.6 Å². The molecule has 1 fully saturated rings. The lowest BCUT2D eigenvalue weighted by Gasteiger charge is -2.35. The first kappa shape index (κ1) is 20.1. The maximum Gasteiger partial charge on any atom is 0.267 e. The SMILES string of the molecule is COc1c([C@@H]2CCC(F)(F)C[C@H]2c2nc3cc(C(N)=O)ncc3[nH]2)ccc(F)c1F. The minimum absolute atomic E-state index is 0.00616. The van der Waals surface area contributed by atoms with Crippen LogP contribution in [0.2, 0.25) is 0 Å². The highest BCUT2D eigenvalue weighted by Gasteiger charge is 2.45. The van der Waals surface area contributed by atoms with Crippen LogP contribution in [0.5, 0.6) is 5.75 Å². The summed E-state index contributed by atoms with van der Waals surface area (Å²) in [6.45, 7) is 0. The van der Waals surface area contributed by atoms with Gasteiger partial charge in [-0.2, -0.15) is 4.39 Å². The number of methoxy groups -OCH3 is 1. The third-order valence-corrected chi connectivity index (χ3v) is 5.50. The van der Waals surface area contributed by atoms with Crippen molar-refractivity contribution >= 4 is 16.9 Å². The van der Waals surface area contributed by atoms with Crippen molar-refractivity contribution in [3.8, 4) is 5.75 Å². The number of ether oxygens (including phenoxy) is 1. The first-order valence-corrected chi connectivity index (χ1v) is 9.25. The van der Waals surface area contributed by atoms with Crippen LogP contribution < -0.4 is 10.5 Å². The monoisotopic (exact) mass is 422 g/mol. The third-order valence-electron chi connectivity index (χ3n) is 5.50. The Bertz CT molecular complexity index is 1130. The molecule has 6 nitrogen and oxygen atoms in total. The number of hydrogen-bond acceptors (Lipinski definition) is 4. The highest BCUT2D eigenvalue weighted by Crippen LogP contribution is 2.51. The average Bonchev–Trinajstić information content (AvgIpc) is 3.13. The normalized spacial score (nSPS) is 21.0. The molecule has 1 aliphatic carbocycles. The van der Waals surface area contributed by atoms with Gasteiger partial charge in [-0.15, -0.1) is 0 Å². The van der Waals surface area contributed by atoms with Gasteiger partial charge in [-0.3, -0.25) is 4.79 Å². The van der Waals surface area contributed by atoms with Crippen LogP contribution in [0.25, 0.3) is 11.0 Å². The Balaban J connectivity index is 1.81. The van der Waals surface area contributed by atoms with Crippen LogP contribution in [-0.2, 0) is 0 Å². The number of benzene rings is 1. The number of pyridine rings is 1. The van der Waals surface area contributed by atoms with Crippen LogP contribution in [0.15, 0.2) is 24.4 Å². The summed E-state index contributed by atoms with van der Waals surface area (Å²) in [6, 6.07) is 3.68. The van der Waals surface area contributed by atoms with E-state index >= 15 is 0 Å². The minimum Gasteiger partial charge on any atom is -0.493 e. The predicted molar refractivity (Wildman–Crippen MR) is 99.6 cm³/mol. The summed E-state index contributed by atoms with van der Waals surface area (Å²) in [5.41, 5.74) is 6.31. The number of primary amides is 1. The zero-order valence-corrected chi connectivity index (χ0v) is 15.9. The van der Waals surface area contributed by atoms with Crippen LogP contribution in [0.4, 0.5) is 17.6 Å². The van der Waals surface area contributed by atoms with Crippen LogP contribution >= 0.6 is 0 Å². The van der Waals surface area contributed by atoms with E-state index < -0.39 is 48.1 Å². The number of H-pyrrole nitrogens is 1. The second-order valence-electron chi connectivity index (χ2n) is 7.37. The van der Waals surface area contributed by atoms with E-state index in [-0.39, 0.29) is 23.7 Å². The topological polar surface area (TPSA) is 93.9 Å². The smallest absolute Gasteiger partial charge is 0.267 e. The van der Waals surface area contributed by atoms with Gasteiger partial charge in [-0.25, -0.2) is 23.1 Å². The van der Waals surface area contributed by atoms with E-state index in [9.17, 15) is 22.4 Å². The molecule has 1 amide bonds. The van der Waals surface area contributed by atoms with E-state index in [2.05, 4.69) is 15.0 Å². The number of carbonyl (C=O) groups excluding carboxylic acids is 1. The first-order chi connectivity index (χ1) is 14.2. The Hall–Kier alpha value is -3.17. The molecule has 0 unspecified atom stereocenters. The number of alkyl halides is 2. The van der Waals surface area contributed by atoms with Crippen molar-refractivity contribution in [2.24, 2.45) is 5.73 Å². The molecule has 3 N–H and O–H groups in total. The van der Waals surface area contributed by atoms with Crippen molar-refractivity contribution < 1.29 is 27.1 Å². The molecule has 0 saturated heterocycles. The van der Waals surface area contributed by atoms with Gasteiger partial charge in [0.1, 0.15) is 11.5 Å². The number of nitrogens with two attached hydrogens (primary N) is 1. The number of imidazole rings is 1. The van der Waals surface area contributed by atoms with Gasteiger partial charge in [-0.05, 0) is 24.5 Å². The Morgan fingerprint density at radius 1 is 1.30 bits per heavy atom. The highest BCUT2D eigenvalue weighted by molar-refractivity contribution is 5.93. The van der Waals surface area contributed by atoms with Gasteiger partial charge in [-0.1, -0.05) is 6.07 Å². The van der Waals surface area contributed by atoms with Gasteiger partial charge < -0.3 is 15.5 Å². The van der Waals surface area contributed by atoms with Crippen LogP contribution in [0, 0.1) is 11.6 Å². The second-order valence-corrected chi connectivity index (χ2v) is 7.37. The fourth-order valence-corrected chi connectivity index (χ4v) is 4.08. The molecule has 1 aromatic carbocycles. The van der Waals surface area contributed by atoms with E-state index in [1.54, 1.807) is 0 Å². The van der Waals surface area contributed by atoms with E-state index in [4.69, 9.17) is 10.5 Å². The van der Waals surface area contributed by atoms with Crippen molar-refractivity contribution in [3.63, 3.8) is 0 Å². The summed E-state index contributed by atoms with van der Waals surface area (Å²) in [5.74, 6) is -7.39. The van der Waals surface area contributed by atoms with Crippen molar-refractivity contribution in [1.29, 1.82) is 0 Å². The highest BCUT2D eigenvalue weighted by atomic mass is 19.3. The standard InChI is InChI=1S/C20H18F4N4O2/c1-30-17-10(2-3-12(21)16(17)22)9-4-5-20(23,24)7-11(9)19-27-13-6-14(18(25)29)26-8-15(13)28-19/h2-3,6,8-9,11H,4-5,7H2,1H3,(H2,25,29)(H,27,28)/t9-,11+/m0/s1. The van der Waals surface area contributed by atoms with Gasteiger partial charge in [0.05, 0.1) is 24.3 Å². The third kappa shape index (κ3) is 3.46. The van der Waals surface area contributed by atoms with Crippen molar-refractivity contribution in [2.75, 3.05) is 7.11 Å². The number of fused-ring (bicyclic) bond motifs is 1. The number of aromatic amines is 1. The van der Waals surface area contributed by atoms with Gasteiger partial charge in [0.2, 0.25) is 11.7 Å². The van der Waals surface area contributed by atoms with Crippen LogP contribution in [-0.4, -0.2) is 33.9 Å². The predicted octanol–water partition coefficient (Wildman–Crippen LogP) is 4.03. The lowest BCUT2D eigenvalue weighted by molar-refractivity contribution is -0.0470. The minimum atomic E-state index is -2.94. The summed E-state index contributed by atoms with van der Waals surface area (Å²) in [7, 11) is 1.20. The molecule has 0 aliphatic heterocycles. The van der Waals surface area contributed by atoms with E-state index in [1.165, 1.54) is 25.4 Å². The summed E-state index contributed by atoms with van der Waals surface area (Å²) in [5, 5.41) is 0. The first-order valence-electron chi connectivity index (χ1n) is 9.25. The molecule has 3 aromatic rings. The van der Waals surface area contributed by atoms with E-state index in [0.717, 1.165) is 6.07 Å². The molecule has 158 valence electrons. The average molecular weight is 422 g/mol. The lowest BCUT2D eigenvalue weighted by Crippen LogP contribution is -2.31. The molecule has 30 heavy (non-hydrogen) atoms. The molecule has 1 aliphatic rings. The molecule has 1 saturated carbocycles. The summed E-state index contributed by atoms with van der Waals surface area (Å²) in [4.78, 5) is 22.6. The number of rotatable bonds is 4. The lowest BCUT2D eigenvalue weighted by atomic mass is 9.73. The van der Waals surface area contributed by atoms with E-state index in [0.29, 0.717) is 16.6 Å². The van der Waals surface area contributed by atoms with Crippen molar-refractivity contribution in [3.05, 3.63) is 53.1 Å². The summed E-state index contributed by atoms with van der Waals surface area (Å²) >= 11 is 0. The van der Waals surface area contributed by atoms with Crippen molar-refractivity contribution in [2.45, 2.75) is 37.0 Å². The van der Waals surface area contributed by atoms with Crippen LogP contribution in [0.1, 0.15) is 53.0 Å². The Morgan fingerprint density at radius 2 is 2.07 bits per heavy atom. The fourth-order valence-electron chi connectivity index (χ4n) is 4.08. The second kappa shape index (κ2) is 7.26. The number of carbonyl (C=O) groups is 1. The maximum atomic E-state index is 14.3. The Kier molecular flexibility index (Phi) is 4.87. The number of aromatic nitrogens is 3. The number of hydrogen-bond donors (Lipinski definition) is 2. The molecule has 2 heterocycles. The Labute approximate surface area is 168 Å². The van der Waals surface area contributed by atoms with Gasteiger partial charge in [0, 0.05) is 24.3 Å². The molecule has 10 heteroatoms. The molecular weight excluding hydrogens is 404 g/mol. The fraction of sp³-hybridized carbons (Fsp3) is 0.350. The largest absolute Gasteiger partial charge is 0.493 e. The molecule has 2 atom stereocenters. The molecule has 0 radical (unpaired) electrons.